The van der Waals surface area contributed by atoms with E-state index in [1.165, 1.54) is 22.3 Å². The number of aryl methyl sites for hydroxylation is 2. The predicted molar refractivity (Wildman–Crippen MR) is 80.8 cm³/mol. The zero-order valence-corrected chi connectivity index (χ0v) is 13.9. The zero-order valence-electron chi connectivity index (χ0n) is 12.3. The van der Waals surface area contributed by atoms with Crippen LogP contribution in [0.1, 0.15) is 52.4 Å². The third-order valence-electron chi connectivity index (χ3n) is 3.29. The molecule has 4 heteroatoms. The summed E-state index contributed by atoms with van der Waals surface area (Å²) in [5.74, 6) is 0. The van der Waals surface area contributed by atoms with Gasteiger partial charge in [-0.1, -0.05) is 13.8 Å². The summed E-state index contributed by atoms with van der Waals surface area (Å²) in [4.78, 5) is 2.51. The van der Waals surface area contributed by atoms with Crippen molar-refractivity contribution in [3.8, 4) is 0 Å². The quantitative estimate of drug-likeness (QED) is 0.762. The third-order valence-corrected chi connectivity index (χ3v) is 4.20. The van der Waals surface area contributed by atoms with Gasteiger partial charge in [-0.2, -0.15) is 5.10 Å². The molecule has 0 amide bonds. The molecule has 0 aliphatic carbocycles. The fraction of sp³-hybridized carbons (Fsp3) is 0.786. The summed E-state index contributed by atoms with van der Waals surface area (Å²) < 4.78 is 3.34. The molecular weight excluding hydrogens is 290 g/mol. The fourth-order valence-electron chi connectivity index (χ4n) is 2.17. The van der Waals surface area contributed by atoms with Crippen LogP contribution in [0.15, 0.2) is 4.47 Å². The average Bonchev–Trinajstić information content (AvgIpc) is 2.65. The van der Waals surface area contributed by atoms with Gasteiger partial charge in [-0.05, 0) is 56.1 Å². The summed E-state index contributed by atoms with van der Waals surface area (Å²) in [6, 6.07) is 0.571. The Kier molecular flexibility index (Phi) is 6.36. The Morgan fingerprint density at radius 3 is 2.39 bits per heavy atom. The summed E-state index contributed by atoms with van der Waals surface area (Å²) in [5, 5.41) is 4.66. The predicted octanol–water partition coefficient (Wildman–Crippen LogP) is 3.85. The normalized spacial score (nSPS) is 11.8. The van der Waals surface area contributed by atoms with Crippen molar-refractivity contribution in [3.05, 3.63) is 15.9 Å². The minimum absolute atomic E-state index is 0.571. The molecule has 0 saturated carbocycles. The van der Waals surface area contributed by atoms with Crippen LogP contribution in [0, 0.1) is 0 Å². The lowest BCUT2D eigenvalue weighted by Gasteiger charge is -2.26. The van der Waals surface area contributed by atoms with Gasteiger partial charge in [-0.25, -0.2) is 0 Å². The van der Waals surface area contributed by atoms with E-state index in [0.29, 0.717) is 6.04 Å². The molecule has 0 N–H and O–H groups in total. The van der Waals surface area contributed by atoms with Crippen molar-refractivity contribution < 1.29 is 0 Å². The number of halogens is 1. The number of hydrogen-bond donors (Lipinski definition) is 0. The molecule has 0 aromatic carbocycles. The van der Waals surface area contributed by atoms with Gasteiger partial charge in [0.05, 0.1) is 15.9 Å². The van der Waals surface area contributed by atoms with Crippen molar-refractivity contribution in [1.82, 2.24) is 14.7 Å². The van der Waals surface area contributed by atoms with Gasteiger partial charge in [0.15, 0.2) is 0 Å². The number of rotatable bonds is 7. The summed E-state index contributed by atoms with van der Waals surface area (Å²) in [7, 11) is 0. The molecule has 3 nitrogen and oxygen atoms in total. The van der Waals surface area contributed by atoms with Gasteiger partial charge >= 0.3 is 0 Å². The van der Waals surface area contributed by atoms with E-state index in [0.717, 1.165) is 26.1 Å². The molecule has 0 fully saturated rings. The highest BCUT2D eigenvalue weighted by Crippen LogP contribution is 2.24. The van der Waals surface area contributed by atoms with Gasteiger partial charge in [0, 0.05) is 19.1 Å². The monoisotopic (exact) mass is 315 g/mol. The van der Waals surface area contributed by atoms with E-state index >= 15 is 0 Å². The maximum absolute atomic E-state index is 4.66. The van der Waals surface area contributed by atoms with Crippen molar-refractivity contribution >= 4 is 15.9 Å². The SMILES string of the molecule is CCCN(Cc1c(Br)c(CC)nn1CC)C(C)C. The molecule has 0 saturated heterocycles. The Bertz CT molecular complexity index is 371. The lowest BCUT2D eigenvalue weighted by Crippen LogP contribution is -2.32. The van der Waals surface area contributed by atoms with Crippen LogP contribution in [0.3, 0.4) is 0 Å². The van der Waals surface area contributed by atoms with Gasteiger partial charge in [-0.15, -0.1) is 0 Å². The second kappa shape index (κ2) is 7.29. The van der Waals surface area contributed by atoms with E-state index in [1.807, 2.05) is 0 Å². The van der Waals surface area contributed by atoms with Crippen LogP contribution in [0.2, 0.25) is 0 Å². The number of hydrogen-bond acceptors (Lipinski definition) is 2. The summed E-state index contributed by atoms with van der Waals surface area (Å²) >= 11 is 3.72. The van der Waals surface area contributed by atoms with E-state index < -0.39 is 0 Å². The molecule has 0 atom stereocenters. The average molecular weight is 316 g/mol. The number of aromatic nitrogens is 2. The zero-order chi connectivity index (χ0) is 13.7. The molecule has 0 aliphatic rings. The van der Waals surface area contributed by atoms with E-state index in [-0.39, 0.29) is 0 Å². The van der Waals surface area contributed by atoms with Gasteiger partial charge in [0.1, 0.15) is 0 Å². The summed E-state index contributed by atoms with van der Waals surface area (Å²) in [6.45, 7) is 14.1. The van der Waals surface area contributed by atoms with Crippen LogP contribution in [0.5, 0.6) is 0 Å². The third kappa shape index (κ3) is 3.58. The second-order valence-electron chi connectivity index (χ2n) is 4.94. The van der Waals surface area contributed by atoms with Crippen LogP contribution >= 0.6 is 15.9 Å². The van der Waals surface area contributed by atoms with Gasteiger partial charge in [-0.3, -0.25) is 9.58 Å². The summed E-state index contributed by atoms with van der Waals surface area (Å²) in [6.07, 6.45) is 2.17. The van der Waals surface area contributed by atoms with Gasteiger partial charge in [0.25, 0.3) is 0 Å². The van der Waals surface area contributed by atoms with Crippen LogP contribution in [0.25, 0.3) is 0 Å². The van der Waals surface area contributed by atoms with Crippen LogP contribution in [-0.2, 0) is 19.5 Å². The first kappa shape index (κ1) is 15.7. The second-order valence-corrected chi connectivity index (χ2v) is 5.73. The van der Waals surface area contributed by atoms with Crippen LogP contribution in [0.4, 0.5) is 0 Å². The van der Waals surface area contributed by atoms with Crippen molar-refractivity contribution in [2.45, 2.75) is 66.6 Å². The lowest BCUT2D eigenvalue weighted by molar-refractivity contribution is 0.206. The first-order valence-corrected chi connectivity index (χ1v) is 7.82. The van der Waals surface area contributed by atoms with E-state index in [1.54, 1.807) is 0 Å². The van der Waals surface area contributed by atoms with Gasteiger partial charge in [0.2, 0.25) is 0 Å². The largest absolute Gasteiger partial charge is 0.295 e. The molecule has 1 aromatic heterocycles. The Morgan fingerprint density at radius 2 is 1.94 bits per heavy atom. The highest BCUT2D eigenvalue weighted by atomic mass is 79.9. The fourth-order valence-corrected chi connectivity index (χ4v) is 2.86. The standard InChI is InChI=1S/C14H26BrN3/c1-6-9-17(11(4)5)10-13-14(15)12(7-2)16-18(13)8-3/h11H,6-10H2,1-5H3. The Labute approximate surface area is 120 Å². The maximum atomic E-state index is 4.66. The Hall–Kier alpha value is -0.350. The van der Waals surface area contributed by atoms with Crippen molar-refractivity contribution in [2.24, 2.45) is 0 Å². The molecule has 1 heterocycles. The molecule has 0 radical (unpaired) electrons. The molecule has 0 bridgehead atoms. The van der Waals surface area contributed by atoms with E-state index in [9.17, 15) is 0 Å². The van der Waals surface area contributed by atoms with Crippen molar-refractivity contribution in [2.75, 3.05) is 6.54 Å². The minimum Gasteiger partial charge on any atom is -0.295 e. The van der Waals surface area contributed by atoms with E-state index in [2.05, 4.69) is 65.2 Å². The van der Waals surface area contributed by atoms with Crippen molar-refractivity contribution in [3.63, 3.8) is 0 Å². The maximum Gasteiger partial charge on any atom is 0.0767 e. The highest BCUT2D eigenvalue weighted by molar-refractivity contribution is 9.10. The Morgan fingerprint density at radius 1 is 1.28 bits per heavy atom. The summed E-state index contributed by atoms with van der Waals surface area (Å²) in [5.41, 5.74) is 2.49. The van der Waals surface area contributed by atoms with Gasteiger partial charge < -0.3 is 0 Å². The molecule has 1 aromatic rings. The minimum atomic E-state index is 0.571. The van der Waals surface area contributed by atoms with E-state index in [4.69, 9.17) is 0 Å². The molecule has 1 rings (SSSR count). The lowest BCUT2D eigenvalue weighted by atomic mass is 10.2. The topological polar surface area (TPSA) is 21.1 Å². The smallest absolute Gasteiger partial charge is 0.0767 e. The Balaban J connectivity index is 2.96. The first-order chi connectivity index (χ1) is 8.54. The first-order valence-electron chi connectivity index (χ1n) is 7.03. The van der Waals surface area contributed by atoms with Crippen molar-refractivity contribution in [1.29, 1.82) is 0 Å². The number of nitrogens with zero attached hydrogens (tertiary/aromatic N) is 3. The molecule has 18 heavy (non-hydrogen) atoms. The molecule has 0 aliphatic heterocycles. The molecule has 0 spiro atoms. The van der Waals surface area contributed by atoms with Crippen LogP contribution in [-0.4, -0.2) is 27.3 Å². The highest BCUT2D eigenvalue weighted by Gasteiger charge is 2.18. The molecule has 104 valence electrons. The molecule has 0 unspecified atom stereocenters. The van der Waals surface area contributed by atoms with Crippen LogP contribution < -0.4 is 0 Å². The molecular formula is C14H26BrN3.